The van der Waals surface area contributed by atoms with Crippen molar-refractivity contribution in [1.82, 2.24) is 0 Å². The first-order valence-electron chi connectivity index (χ1n) is 9.90. The van der Waals surface area contributed by atoms with Crippen LogP contribution in [0.1, 0.15) is 17.2 Å². The number of halogens is 2. The fourth-order valence-electron chi connectivity index (χ4n) is 3.83. The number of hydrogen-bond acceptors (Lipinski definition) is 5. The van der Waals surface area contributed by atoms with E-state index in [2.05, 4.69) is 0 Å². The molecule has 1 aliphatic rings. The van der Waals surface area contributed by atoms with Gasteiger partial charge >= 0.3 is 0 Å². The van der Waals surface area contributed by atoms with Gasteiger partial charge in [-0.15, -0.1) is 0 Å². The van der Waals surface area contributed by atoms with Gasteiger partial charge in [0.05, 0.1) is 31.4 Å². The molecular formula is C25H19F2NO5. The van der Waals surface area contributed by atoms with E-state index in [9.17, 15) is 23.5 Å². The fraction of sp³-hybridized carbons (Fsp3) is 0.120. The highest BCUT2D eigenvalue weighted by molar-refractivity contribution is 6.51. The molecule has 6 nitrogen and oxygen atoms in total. The van der Waals surface area contributed by atoms with Crippen molar-refractivity contribution in [3.8, 4) is 11.5 Å². The van der Waals surface area contributed by atoms with Crippen molar-refractivity contribution >= 4 is 23.1 Å². The second kappa shape index (κ2) is 8.74. The number of anilines is 1. The van der Waals surface area contributed by atoms with Crippen molar-refractivity contribution in [2.45, 2.75) is 6.04 Å². The predicted molar refractivity (Wildman–Crippen MR) is 117 cm³/mol. The topological polar surface area (TPSA) is 76.1 Å². The largest absolute Gasteiger partial charge is 0.507 e. The predicted octanol–water partition coefficient (Wildman–Crippen LogP) is 4.61. The van der Waals surface area contributed by atoms with Gasteiger partial charge in [-0.25, -0.2) is 8.78 Å². The molecule has 3 aromatic carbocycles. The minimum Gasteiger partial charge on any atom is -0.507 e. The summed E-state index contributed by atoms with van der Waals surface area (Å²) in [5.41, 5.74) is -0.0304. The molecule has 0 aliphatic carbocycles. The van der Waals surface area contributed by atoms with Crippen molar-refractivity contribution in [3.05, 3.63) is 95.1 Å². The van der Waals surface area contributed by atoms with Crippen molar-refractivity contribution in [2.75, 3.05) is 19.1 Å². The van der Waals surface area contributed by atoms with Crippen LogP contribution in [0.15, 0.2) is 72.3 Å². The molecule has 1 unspecified atom stereocenters. The maximum absolute atomic E-state index is 14.9. The lowest BCUT2D eigenvalue weighted by Crippen LogP contribution is -2.29. The SMILES string of the molecule is COc1ccc(/C(O)=C2\C(=O)C(=O)N(c3ccc(F)cc3)C2c2ccccc2F)c(OC)c1. The summed E-state index contributed by atoms with van der Waals surface area (Å²) in [6.07, 6.45) is 0. The van der Waals surface area contributed by atoms with Crippen LogP contribution in [0.2, 0.25) is 0 Å². The van der Waals surface area contributed by atoms with Gasteiger partial charge in [-0.1, -0.05) is 18.2 Å². The minimum atomic E-state index is -1.29. The lowest BCUT2D eigenvalue weighted by molar-refractivity contribution is -0.132. The lowest BCUT2D eigenvalue weighted by atomic mass is 9.94. The Morgan fingerprint density at radius 3 is 2.27 bits per heavy atom. The first-order valence-corrected chi connectivity index (χ1v) is 9.90. The Bertz CT molecular complexity index is 1270. The monoisotopic (exact) mass is 451 g/mol. The van der Waals surface area contributed by atoms with Gasteiger partial charge in [0.25, 0.3) is 11.7 Å². The molecule has 1 aliphatic heterocycles. The summed E-state index contributed by atoms with van der Waals surface area (Å²) in [6.45, 7) is 0. The smallest absolute Gasteiger partial charge is 0.300 e. The number of carbonyl (C=O) groups excluding carboxylic acids is 2. The van der Waals surface area contributed by atoms with Crippen LogP contribution < -0.4 is 14.4 Å². The number of rotatable bonds is 5. The summed E-state index contributed by atoms with van der Waals surface area (Å²) in [7, 11) is 2.83. The lowest BCUT2D eigenvalue weighted by Gasteiger charge is -2.25. The molecule has 1 saturated heterocycles. The first-order chi connectivity index (χ1) is 15.9. The van der Waals surface area contributed by atoms with Gasteiger partial charge in [-0.05, 0) is 42.5 Å². The van der Waals surface area contributed by atoms with E-state index in [1.54, 1.807) is 12.1 Å². The third kappa shape index (κ3) is 3.80. The molecule has 1 heterocycles. The molecule has 168 valence electrons. The number of nitrogens with zero attached hydrogens (tertiary/aromatic N) is 1. The van der Waals surface area contributed by atoms with Crippen LogP contribution >= 0.6 is 0 Å². The Labute approximate surface area is 188 Å². The zero-order valence-electron chi connectivity index (χ0n) is 17.7. The number of methoxy groups -OCH3 is 2. The van der Waals surface area contributed by atoms with Crippen LogP contribution in [-0.2, 0) is 9.59 Å². The summed E-state index contributed by atoms with van der Waals surface area (Å²) in [5, 5.41) is 11.2. The number of hydrogen-bond donors (Lipinski definition) is 1. The molecular weight excluding hydrogens is 432 g/mol. The molecule has 0 saturated carbocycles. The second-order valence-corrected chi connectivity index (χ2v) is 7.23. The molecule has 0 bridgehead atoms. The Hall–Kier alpha value is -4.20. The van der Waals surface area contributed by atoms with E-state index in [1.807, 2.05) is 0 Å². The highest BCUT2D eigenvalue weighted by Crippen LogP contribution is 2.44. The molecule has 4 rings (SSSR count). The van der Waals surface area contributed by atoms with Gasteiger partial charge in [0.2, 0.25) is 0 Å². The molecule has 1 amide bonds. The number of aliphatic hydroxyl groups is 1. The molecule has 0 radical (unpaired) electrons. The van der Waals surface area contributed by atoms with E-state index in [0.717, 1.165) is 17.0 Å². The second-order valence-electron chi connectivity index (χ2n) is 7.23. The molecule has 0 spiro atoms. The molecule has 8 heteroatoms. The normalized spacial score (nSPS) is 17.3. The number of aliphatic hydroxyl groups excluding tert-OH is 1. The van der Waals surface area contributed by atoms with Gasteiger partial charge in [-0.3, -0.25) is 14.5 Å². The number of carbonyl (C=O) groups is 2. The Morgan fingerprint density at radius 1 is 0.939 bits per heavy atom. The van der Waals surface area contributed by atoms with E-state index in [-0.39, 0.29) is 28.1 Å². The maximum atomic E-state index is 14.9. The zero-order valence-corrected chi connectivity index (χ0v) is 17.7. The number of benzene rings is 3. The van der Waals surface area contributed by atoms with Gasteiger partial charge in [0.15, 0.2) is 0 Å². The molecule has 1 atom stereocenters. The van der Waals surface area contributed by atoms with Crippen molar-refractivity contribution in [1.29, 1.82) is 0 Å². The third-order valence-electron chi connectivity index (χ3n) is 5.41. The van der Waals surface area contributed by atoms with E-state index >= 15 is 0 Å². The first kappa shape index (κ1) is 22.0. The number of amides is 1. The van der Waals surface area contributed by atoms with Crippen LogP contribution in [0, 0.1) is 11.6 Å². The van der Waals surface area contributed by atoms with Gasteiger partial charge in [0, 0.05) is 17.3 Å². The summed E-state index contributed by atoms with van der Waals surface area (Å²) in [4.78, 5) is 27.2. The number of ketones is 1. The summed E-state index contributed by atoms with van der Waals surface area (Å²) in [6, 6.07) is 13.7. The van der Waals surface area contributed by atoms with E-state index in [0.29, 0.717) is 5.75 Å². The number of Topliss-reactive ketones (excluding diaryl/α,β-unsaturated/α-hetero) is 1. The Kier molecular flexibility index (Phi) is 5.83. The molecule has 33 heavy (non-hydrogen) atoms. The minimum absolute atomic E-state index is 0.00458. The van der Waals surface area contributed by atoms with Crippen LogP contribution in [-0.4, -0.2) is 31.0 Å². The highest BCUT2D eigenvalue weighted by Gasteiger charge is 2.48. The molecule has 1 fully saturated rings. The maximum Gasteiger partial charge on any atom is 0.300 e. The zero-order chi connectivity index (χ0) is 23.7. The fourth-order valence-corrected chi connectivity index (χ4v) is 3.83. The van der Waals surface area contributed by atoms with E-state index in [1.165, 1.54) is 56.7 Å². The van der Waals surface area contributed by atoms with Crippen LogP contribution in [0.3, 0.4) is 0 Å². The van der Waals surface area contributed by atoms with Crippen LogP contribution in [0.4, 0.5) is 14.5 Å². The van der Waals surface area contributed by atoms with Crippen LogP contribution in [0.5, 0.6) is 11.5 Å². The summed E-state index contributed by atoms with van der Waals surface area (Å²) < 4.78 is 38.9. The average Bonchev–Trinajstić information content (AvgIpc) is 3.09. The summed E-state index contributed by atoms with van der Waals surface area (Å²) >= 11 is 0. The standard InChI is InChI=1S/C25H19F2NO5/c1-32-16-11-12-18(20(13-16)33-2)23(29)21-22(17-5-3-4-6-19(17)27)28(25(31)24(21)30)15-9-7-14(26)8-10-15/h3-13,22,29H,1-2H3/b23-21+. The average molecular weight is 451 g/mol. The van der Waals surface area contributed by atoms with E-state index in [4.69, 9.17) is 9.47 Å². The van der Waals surface area contributed by atoms with E-state index < -0.39 is 35.1 Å². The molecule has 1 N–H and O–H groups in total. The van der Waals surface area contributed by atoms with Gasteiger partial charge < -0.3 is 14.6 Å². The Balaban J connectivity index is 1.98. The Morgan fingerprint density at radius 2 is 1.64 bits per heavy atom. The van der Waals surface area contributed by atoms with Crippen molar-refractivity contribution < 1.29 is 33.0 Å². The number of ether oxygens (including phenoxy) is 2. The summed E-state index contributed by atoms with van der Waals surface area (Å²) in [5.74, 6) is -3.12. The molecule has 0 aromatic heterocycles. The highest BCUT2D eigenvalue weighted by atomic mass is 19.1. The van der Waals surface area contributed by atoms with Gasteiger partial charge in [-0.2, -0.15) is 0 Å². The third-order valence-corrected chi connectivity index (χ3v) is 5.41. The van der Waals surface area contributed by atoms with Crippen LogP contribution in [0.25, 0.3) is 5.76 Å². The molecule has 3 aromatic rings. The van der Waals surface area contributed by atoms with Gasteiger partial charge in [0.1, 0.15) is 28.9 Å². The van der Waals surface area contributed by atoms with Crippen molar-refractivity contribution in [2.24, 2.45) is 0 Å². The quantitative estimate of drug-likeness (QED) is 0.348. The van der Waals surface area contributed by atoms with Crippen molar-refractivity contribution in [3.63, 3.8) is 0 Å².